The first-order valence-electron chi connectivity index (χ1n) is 9.17. The lowest BCUT2D eigenvalue weighted by molar-refractivity contribution is -0.140. The molecule has 6 heteroatoms. The first-order valence-corrected chi connectivity index (χ1v) is 9.17. The van der Waals surface area contributed by atoms with Gasteiger partial charge in [0.2, 0.25) is 5.91 Å². The third-order valence-electron chi connectivity index (χ3n) is 4.89. The summed E-state index contributed by atoms with van der Waals surface area (Å²) in [6, 6.07) is 13.5. The van der Waals surface area contributed by atoms with Gasteiger partial charge in [-0.2, -0.15) is 0 Å². The highest BCUT2D eigenvalue weighted by molar-refractivity contribution is 5.96. The number of esters is 2. The van der Waals surface area contributed by atoms with Crippen molar-refractivity contribution in [1.82, 2.24) is 0 Å². The van der Waals surface area contributed by atoms with Gasteiger partial charge in [0.1, 0.15) is 5.75 Å². The van der Waals surface area contributed by atoms with Crippen LogP contribution in [-0.2, 0) is 19.1 Å². The molecule has 146 valence electrons. The molecule has 0 N–H and O–H groups in total. The van der Waals surface area contributed by atoms with Crippen LogP contribution in [-0.4, -0.2) is 31.5 Å². The fourth-order valence-corrected chi connectivity index (χ4v) is 3.62. The number of methoxy groups -OCH3 is 1. The zero-order valence-corrected chi connectivity index (χ0v) is 16.2. The Morgan fingerprint density at radius 1 is 1.07 bits per heavy atom. The van der Waals surface area contributed by atoms with Crippen molar-refractivity contribution in [2.75, 3.05) is 18.6 Å². The van der Waals surface area contributed by atoms with Gasteiger partial charge in [-0.3, -0.25) is 14.4 Å². The number of fused-ring (bicyclic) bond motifs is 1. The third-order valence-corrected chi connectivity index (χ3v) is 4.89. The van der Waals surface area contributed by atoms with Crippen molar-refractivity contribution in [2.45, 2.75) is 32.6 Å². The van der Waals surface area contributed by atoms with Crippen LogP contribution in [0.2, 0.25) is 0 Å². The highest BCUT2D eigenvalue weighted by Crippen LogP contribution is 2.47. The Hall–Kier alpha value is -3.15. The van der Waals surface area contributed by atoms with E-state index < -0.39 is 5.97 Å². The standard InChI is InChI=1S/C22H23NO5/c1-14(24)23-13-17(9-10-21(26)27-3)22-19(23)11-18(12-20(22)28-15(2)25)16-7-5-4-6-8-16/h4-8,11-12,17H,9-10,13H2,1-3H3. The summed E-state index contributed by atoms with van der Waals surface area (Å²) in [6.45, 7) is 3.30. The van der Waals surface area contributed by atoms with E-state index in [0.29, 0.717) is 18.7 Å². The van der Waals surface area contributed by atoms with Crippen molar-refractivity contribution >= 4 is 23.5 Å². The average Bonchev–Trinajstić information content (AvgIpc) is 3.05. The summed E-state index contributed by atoms with van der Waals surface area (Å²) in [4.78, 5) is 37.3. The summed E-state index contributed by atoms with van der Waals surface area (Å²) in [5, 5.41) is 0. The Morgan fingerprint density at radius 3 is 2.39 bits per heavy atom. The fraction of sp³-hybridized carbons (Fsp3) is 0.318. The van der Waals surface area contributed by atoms with E-state index in [9.17, 15) is 14.4 Å². The Balaban J connectivity index is 2.10. The first-order chi connectivity index (χ1) is 13.4. The van der Waals surface area contributed by atoms with E-state index in [4.69, 9.17) is 9.47 Å². The molecular formula is C22H23NO5. The third kappa shape index (κ3) is 4.06. The van der Waals surface area contributed by atoms with Crippen molar-refractivity contribution in [1.29, 1.82) is 0 Å². The topological polar surface area (TPSA) is 72.9 Å². The second kappa shape index (κ2) is 8.25. The maximum atomic E-state index is 12.3. The molecule has 0 saturated heterocycles. The van der Waals surface area contributed by atoms with E-state index in [1.165, 1.54) is 21.0 Å². The van der Waals surface area contributed by atoms with Gasteiger partial charge >= 0.3 is 11.9 Å². The maximum Gasteiger partial charge on any atom is 0.308 e. The summed E-state index contributed by atoms with van der Waals surface area (Å²) in [5.41, 5.74) is 3.32. The Kier molecular flexibility index (Phi) is 5.78. The zero-order valence-electron chi connectivity index (χ0n) is 16.2. The molecule has 1 atom stereocenters. The lowest BCUT2D eigenvalue weighted by Crippen LogP contribution is -2.27. The summed E-state index contributed by atoms with van der Waals surface area (Å²) in [7, 11) is 1.35. The Morgan fingerprint density at radius 2 is 1.79 bits per heavy atom. The number of nitrogens with zero attached hydrogens (tertiary/aromatic N) is 1. The van der Waals surface area contributed by atoms with E-state index in [2.05, 4.69) is 0 Å². The molecule has 0 spiro atoms. The molecular weight excluding hydrogens is 358 g/mol. The second-order valence-electron chi connectivity index (χ2n) is 6.81. The van der Waals surface area contributed by atoms with Gasteiger partial charge in [0, 0.05) is 38.3 Å². The number of carbonyl (C=O) groups excluding carboxylic acids is 3. The second-order valence-corrected chi connectivity index (χ2v) is 6.81. The first kappa shape index (κ1) is 19.6. The number of rotatable bonds is 5. The maximum absolute atomic E-state index is 12.3. The quantitative estimate of drug-likeness (QED) is 0.583. The molecule has 0 aromatic heterocycles. The van der Waals surface area contributed by atoms with Crippen LogP contribution < -0.4 is 9.64 Å². The smallest absolute Gasteiger partial charge is 0.308 e. The number of anilines is 1. The van der Waals surface area contributed by atoms with Crippen LogP contribution in [0.15, 0.2) is 42.5 Å². The predicted octanol–water partition coefficient (Wildman–Crippen LogP) is 3.68. The number of carbonyl (C=O) groups is 3. The number of hydrogen-bond acceptors (Lipinski definition) is 5. The molecule has 0 bridgehead atoms. The molecule has 0 radical (unpaired) electrons. The number of benzene rings is 2. The van der Waals surface area contributed by atoms with Gasteiger partial charge in [-0.05, 0) is 29.7 Å². The van der Waals surface area contributed by atoms with Gasteiger partial charge < -0.3 is 14.4 Å². The fourth-order valence-electron chi connectivity index (χ4n) is 3.62. The molecule has 3 rings (SSSR count). The largest absolute Gasteiger partial charge is 0.469 e. The molecule has 1 unspecified atom stereocenters. The molecule has 28 heavy (non-hydrogen) atoms. The molecule has 1 amide bonds. The SMILES string of the molecule is COC(=O)CCC1CN(C(C)=O)c2cc(-c3ccccc3)cc(OC(C)=O)c21. The summed E-state index contributed by atoms with van der Waals surface area (Å²) < 4.78 is 10.3. The monoisotopic (exact) mass is 381 g/mol. The van der Waals surface area contributed by atoms with Crippen LogP contribution in [0.3, 0.4) is 0 Å². The van der Waals surface area contributed by atoms with Crippen molar-refractivity contribution in [3.63, 3.8) is 0 Å². The molecule has 0 aliphatic carbocycles. The van der Waals surface area contributed by atoms with E-state index in [1.807, 2.05) is 42.5 Å². The summed E-state index contributed by atoms with van der Waals surface area (Å²) in [6.07, 6.45) is 0.731. The molecule has 2 aromatic rings. The van der Waals surface area contributed by atoms with Crippen molar-refractivity contribution < 1.29 is 23.9 Å². The van der Waals surface area contributed by atoms with Crippen LogP contribution in [0.1, 0.15) is 38.2 Å². The van der Waals surface area contributed by atoms with Gasteiger partial charge in [0.05, 0.1) is 12.8 Å². The van der Waals surface area contributed by atoms with Gasteiger partial charge in [0.25, 0.3) is 0 Å². The average molecular weight is 381 g/mol. The van der Waals surface area contributed by atoms with E-state index in [0.717, 1.165) is 22.4 Å². The van der Waals surface area contributed by atoms with Crippen LogP contribution in [0.25, 0.3) is 11.1 Å². The van der Waals surface area contributed by atoms with Crippen LogP contribution in [0.4, 0.5) is 5.69 Å². The molecule has 0 saturated carbocycles. The van der Waals surface area contributed by atoms with Crippen LogP contribution in [0, 0.1) is 0 Å². The number of ether oxygens (including phenoxy) is 2. The van der Waals surface area contributed by atoms with E-state index in [1.54, 1.807) is 4.90 Å². The van der Waals surface area contributed by atoms with E-state index >= 15 is 0 Å². The predicted molar refractivity (Wildman–Crippen MR) is 105 cm³/mol. The van der Waals surface area contributed by atoms with Crippen molar-refractivity contribution in [3.8, 4) is 16.9 Å². The molecule has 6 nitrogen and oxygen atoms in total. The van der Waals surface area contributed by atoms with Crippen LogP contribution >= 0.6 is 0 Å². The minimum Gasteiger partial charge on any atom is -0.469 e. The highest BCUT2D eigenvalue weighted by atomic mass is 16.5. The molecule has 1 heterocycles. The summed E-state index contributed by atoms with van der Waals surface area (Å²) in [5.74, 6) is -0.515. The van der Waals surface area contributed by atoms with Gasteiger partial charge in [-0.25, -0.2) is 0 Å². The Bertz CT molecular complexity index is 907. The minimum atomic E-state index is -0.430. The Labute approximate surface area is 164 Å². The zero-order chi connectivity index (χ0) is 20.3. The lowest BCUT2D eigenvalue weighted by Gasteiger charge is -2.17. The molecule has 0 fully saturated rings. The molecule has 1 aliphatic heterocycles. The van der Waals surface area contributed by atoms with E-state index in [-0.39, 0.29) is 24.2 Å². The number of hydrogen-bond donors (Lipinski definition) is 0. The molecule has 1 aliphatic rings. The molecule has 2 aromatic carbocycles. The highest BCUT2D eigenvalue weighted by Gasteiger charge is 2.35. The lowest BCUT2D eigenvalue weighted by atomic mass is 9.93. The van der Waals surface area contributed by atoms with Gasteiger partial charge in [-0.15, -0.1) is 0 Å². The summed E-state index contributed by atoms with van der Waals surface area (Å²) >= 11 is 0. The number of amides is 1. The van der Waals surface area contributed by atoms with Crippen molar-refractivity contribution in [2.24, 2.45) is 0 Å². The van der Waals surface area contributed by atoms with Crippen molar-refractivity contribution in [3.05, 3.63) is 48.0 Å². The van der Waals surface area contributed by atoms with Gasteiger partial charge in [-0.1, -0.05) is 30.3 Å². The normalized spacial score (nSPS) is 15.1. The van der Waals surface area contributed by atoms with Gasteiger partial charge in [0.15, 0.2) is 0 Å². The minimum absolute atomic E-state index is 0.0965. The van der Waals surface area contributed by atoms with Crippen LogP contribution in [0.5, 0.6) is 5.75 Å².